The van der Waals surface area contributed by atoms with Crippen molar-refractivity contribution in [2.75, 3.05) is 18.0 Å². The van der Waals surface area contributed by atoms with Crippen LogP contribution in [0.5, 0.6) is 0 Å². The van der Waals surface area contributed by atoms with Crippen molar-refractivity contribution >= 4 is 5.69 Å². The summed E-state index contributed by atoms with van der Waals surface area (Å²) in [5.41, 5.74) is 8.41. The predicted molar refractivity (Wildman–Crippen MR) is 60.6 cm³/mol. The fourth-order valence-corrected chi connectivity index (χ4v) is 2.23. The molecule has 0 aromatic heterocycles. The number of benzene rings is 1. The topological polar surface area (TPSA) is 29.3 Å². The van der Waals surface area contributed by atoms with Gasteiger partial charge in [0, 0.05) is 24.8 Å². The Kier molecular flexibility index (Phi) is 2.73. The van der Waals surface area contributed by atoms with Crippen LogP contribution in [0.15, 0.2) is 24.3 Å². The molecule has 1 saturated heterocycles. The first-order valence-electron chi connectivity index (χ1n) is 5.34. The molecular weight excluding hydrogens is 172 g/mol. The molecule has 2 heteroatoms. The van der Waals surface area contributed by atoms with E-state index in [1.54, 1.807) is 0 Å². The Morgan fingerprint density at radius 2 is 2.36 bits per heavy atom. The molecule has 1 atom stereocenters. The van der Waals surface area contributed by atoms with E-state index in [0.29, 0.717) is 6.04 Å². The van der Waals surface area contributed by atoms with Gasteiger partial charge >= 0.3 is 0 Å². The van der Waals surface area contributed by atoms with Crippen LogP contribution >= 0.6 is 0 Å². The minimum atomic E-state index is 0.553. The average Bonchev–Trinajstić information content (AvgIpc) is 2.65. The molecule has 0 amide bonds. The molecule has 1 fully saturated rings. The highest BCUT2D eigenvalue weighted by molar-refractivity contribution is 5.50. The van der Waals surface area contributed by atoms with Crippen LogP contribution in [0.1, 0.15) is 18.4 Å². The molecule has 2 nitrogen and oxygen atoms in total. The van der Waals surface area contributed by atoms with Crippen LogP contribution in [-0.4, -0.2) is 19.1 Å². The number of nitrogens with zero attached hydrogens (tertiary/aromatic N) is 1. The lowest BCUT2D eigenvalue weighted by molar-refractivity contribution is 0.677. The maximum absolute atomic E-state index is 5.76. The third-order valence-corrected chi connectivity index (χ3v) is 2.98. The van der Waals surface area contributed by atoms with Gasteiger partial charge in [0.25, 0.3) is 0 Å². The van der Waals surface area contributed by atoms with Crippen LogP contribution in [0.4, 0.5) is 5.69 Å². The zero-order valence-electron chi connectivity index (χ0n) is 8.74. The molecule has 0 radical (unpaired) electrons. The van der Waals surface area contributed by atoms with Gasteiger partial charge in [-0.15, -0.1) is 0 Å². The van der Waals surface area contributed by atoms with E-state index < -0.39 is 0 Å². The second kappa shape index (κ2) is 4.01. The van der Waals surface area contributed by atoms with Crippen LogP contribution in [0.2, 0.25) is 0 Å². The first kappa shape index (κ1) is 9.53. The van der Waals surface area contributed by atoms with Crippen molar-refractivity contribution in [1.29, 1.82) is 0 Å². The normalized spacial score (nSPS) is 21.6. The standard InChI is InChI=1S/C12H18N2/c1-10-4-2-5-11(8-10)14-7-3-6-12(14)9-13/h2,4-5,8,12H,3,6-7,9,13H2,1H3. The number of hydrogen-bond donors (Lipinski definition) is 1. The van der Waals surface area contributed by atoms with Gasteiger partial charge in [0.2, 0.25) is 0 Å². The van der Waals surface area contributed by atoms with Gasteiger partial charge in [0.05, 0.1) is 0 Å². The van der Waals surface area contributed by atoms with Gasteiger partial charge in [-0.1, -0.05) is 12.1 Å². The van der Waals surface area contributed by atoms with Crippen molar-refractivity contribution in [3.8, 4) is 0 Å². The molecule has 0 bridgehead atoms. The van der Waals surface area contributed by atoms with Crippen LogP contribution in [0.3, 0.4) is 0 Å². The molecular formula is C12H18N2. The monoisotopic (exact) mass is 190 g/mol. The third-order valence-electron chi connectivity index (χ3n) is 2.98. The number of nitrogens with two attached hydrogens (primary N) is 1. The maximum atomic E-state index is 5.76. The van der Waals surface area contributed by atoms with Gasteiger partial charge in [-0.2, -0.15) is 0 Å². The molecule has 1 aliphatic heterocycles. The molecule has 1 aliphatic rings. The molecule has 14 heavy (non-hydrogen) atoms. The molecule has 2 N–H and O–H groups in total. The summed E-state index contributed by atoms with van der Waals surface area (Å²) < 4.78 is 0. The Hall–Kier alpha value is -1.02. The summed E-state index contributed by atoms with van der Waals surface area (Å²) in [6, 6.07) is 9.24. The Morgan fingerprint density at radius 1 is 1.50 bits per heavy atom. The largest absolute Gasteiger partial charge is 0.367 e. The second-order valence-corrected chi connectivity index (χ2v) is 4.06. The van der Waals surface area contributed by atoms with Crippen molar-refractivity contribution < 1.29 is 0 Å². The summed E-state index contributed by atoms with van der Waals surface area (Å²) in [6.45, 7) is 4.07. The lowest BCUT2D eigenvalue weighted by Gasteiger charge is -2.25. The summed E-state index contributed by atoms with van der Waals surface area (Å²) in [6.07, 6.45) is 2.51. The van der Waals surface area contributed by atoms with Crippen LogP contribution in [-0.2, 0) is 0 Å². The van der Waals surface area contributed by atoms with Crippen LogP contribution in [0.25, 0.3) is 0 Å². The number of rotatable bonds is 2. The van der Waals surface area contributed by atoms with Gasteiger partial charge in [-0.3, -0.25) is 0 Å². The minimum Gasteiger partial charge on any atom is -0.367 e. The molecule has 76 valence electrons. The zero-order chi connectivity index (χ0) is 9.97. The predicted octanol–water partition coefficient (Wildman–Crippen LogP) is 1.92. The van der Waals surface area contributed by atoms with E-state index in [-0.39, 0.29) is 0 Å². The Balaban J connectivity index is 2.21. The molecule has 1 aromatic rings. The molecule has 2 rings (SSSR count). The summed E-state index contributed by atoms with van der Waals surface area (Å²) in [5.74, 6) is 0. The van der Waals surface area contributed by atoms with Gasteiger partial charge < -0.3 is 10.6 Å². The van der Waals surface area contributed by atoms with Crippen molar-refractivity contribution in [2.24, 2.45) is 5.73 Å². The summed E-state index contributed by atoms with van der Waals surface area (Å²) in [4.78, 5) is 2.44. The number of anilines is 1. The summed E-state index contributed by atoms with van der Waals surface area (Å²) in [5, 5.41) is 0. The third kappa shape index (κ3) is 1.75. The fourth-order valence-electron chi connectivity index (χ4n) is 2.23. The van der Waals surface area contributed by atoms with Crippen molar-refractivity contribution in [1.82, 2.24) is 0 Å². The first-order chi connectivity index (χ1) is 6.81. The number of hydrogen-bond acceptors (Lipinski definition) is 2. The highest BCUT2D eigenvalue weighted by Gasteiger charge is 2.22. The Bertz CT molecular complexity index is 309. The average molecular weight is 190 g/mol. The van der Waals surface area contributed by atoms with Gasteiger partial charge in [-0.25, -0.2) is 0 Å². The van der Waals surface area contributed by atoms with E-state index >= 15 is 0 Å². The molecule has 0 aliphatic carbocycles. The molecule has 1 heterocycles. The minimum absolute atomic E-state index is 0.553. The van der Waals surface area contributed by atoms with Gasteiger partial charge in [0.1, 0.15) is 0 Å². The molecule has 0 saturated carbocycles. The quantitative estimate of drug-likeness (QED) is 0.772. The summed E-state index contributed by atoms with van der Waals surface area (Å²) >= 11 is 0. The fraction of sp³-hybridized carbons (Fsp3) is 0.500. The second-order valence-electron chi connectivity index (χ2n) is 4.06. The number of aryl methyl sites for hydroxylation is 1. The summed E-state index contributed by atoms with van der Waals surface area (Å²) in [7, 11) is 0. The van der Waals surface area contributed by atoms with E-state index in [1.807, 2.05) is 0 Å². The van der Waals surface area contributed by atoms with Crippen molar-refractivity contribution in [3.63, 3.8) is 0 Å². The van der Waals surface area contributed by atoms with Crippen molar-refractivity contribution in [3.05, 3.63) is 29.8 Å². The zero-order valence-corrected chi connectivity index (χ0v) is 8.74. The maximum Gasteiger partial charge on any atom is 0.0412 e. The van der Waals surface area contributed by atoms with Crippen molar-refractivity contribution in [2.45, 2.75) is 25.8 Å². The van der Waals surface area contributed by atoms with Crippen LogP contribution in [0, 0.1) is 6.92 Å². The Morgan fingerprint density at radius 3 is 3.07 bits per heavy atom. The SMILES string of the molecule is Cc1cccc(N2CCCC2CN)c1. The van der Waals surface area contributed by atoms with Gasteiger partial charge in [0.15, 0.2) is 0 Å². The van der Waals surface area contributed by atoms with Crippen LogP contribution < -0.4 is 10.6 Å². The highest BCUT2D eigenvalue weighted by Crippen LogP contribution is 2.25. The molecule has 0 spiro atoms. The van der Waals surface area contributed by atoms with E-state index in [4.69, 9.17) is 5.73 Å². The van der Waals surface area contributed by atoms with Gasteiger partial charge in [-0.05, 0) is 37.5 Å². The molecule has 1 unspecified atom stereocenters. The van der Waals surface area contributed by atoms with E-state index in [0.717, 1.165) is 13.1 Å². The highest BCUT2D eigenvalue weighted by atomic mass is 15.2. The first-order valence-corrected chi connectivity index (χ1v) is 5.34. The van der Waals surface area contributed by atoms with E-state index in [1.165, 1.54) is 24.1 Å². The lowest BCUT2D eigenvalue weighted by atomic mass is 10.2. The smallest absolute Gasteiger partial charge is 0.0412 e. The van der Waals surface area contributed by atoms with E-state index in [9.17, 15) is 0 Å². The van der Waals surface area contributed by atoms with E-state index in [2.05, 4.69) is 36.1 Å². The lowest BCUT2D eigenvalue weighted by Crippen LogP contribution is -2.35. The molecule has 1 aromatic carbocycles. The Labute approximate surface area is 85.7 Å².